The van der Waals surface area contributed by atoms with Crippen LogP contribution in [0.2, 0.25) is 0 Å². The van der Waals surface area contributed by atoms with Crippen molar-refractivity contribution in [2.45, 2.75) is 37.3 Å². The molecule has 264 valence electrons. The highest BCUT2D eigenvalue weighted by Crippen LogP contribution is 2.53. The van der Waals surface area contributed by atoms with Gasteiger partial charge in [-0.2, -0.15) is 5.26 Å². The van der Waals surface area contributed by atoms with Crippen molar-refractivity contribution < 1.29 is 0 Å². The zero-order valence-corrected chi connectivity index (χ0v) is 30.8. The van der Waals surface area contributed by atoms with Crippen LogP contribution in [0, 0.1) is 11.3 Å². The Morgan fingerprint density at radius 3 is 2.00 bits per heavy atom. The van der Waals surface area contributed by atoms with E-state index in [2.05, 4.69) is 157 Å². The molecule has 5 aliphatic rings. The SMILES string of the molecule is CC12NC3=C(c4ccc(C#N)cc4)C4Nc5c(c6ccccc6c6ccccc56)N=C4C(c4ccc(C5CC5)cc4)=C3N=C1c1ccccc1-c1ccccc12. The molecule has 0 aromatic heterocycles. The molecule has 3 aliphatic carbocycles. The molecule has 1 fully saturated rings. The van der Waals surface area contributed by atoms with E-state index < -0.39 is 5.54 Å². The van der Waals surface area contributed by atoms with Crippen molar-refractivity contribution in [1.82, 2.24) is 5.32 Å². The van der Waals surface area contributed by atoms with E-state index in [-0.39, 0.29) is 6.04 Å². The smallest absolute Gasteiger partial charge is 0.104 e. The molecule has 12 rings (SSSR count). The first-order valence-corrected chi connectivity index (χ1v) is 19.5. The molecule has 2 N–H and O–H groups in total. The van der Waals surface area contributed by atoms with Crippen LogP contribution in [0.3, 0.4) is 0 Å². The number of anilines is 1. The number of aliphatic imine (C=N–C) groups is 2. The summed E-state index contributed by atoms with van der Waals surface area (Å²) in [7, 11) is 0. The number of hydrogen-bond donors (Lipinski definition) is 2. The van der Waals surface area contributed by atoms with Crippen LogP contribution in [0.5, 0.6) is 0 Å². The molecule has 0 amide bonds. The maximum atomic E-state index is 9.83. The molecule has 7 aromatic rings. The summed E-state index contributed by atoms with van der Waals surface area (Å²) in [6, 6.07) is 53.8. The highest BCUT2D eigenvalue weighted by atomic mass is 15.1. The van der Waals surface area contributed by atoms with Gasteiger partial charge in [-0.05, 0) is 82.0 Å². The summed E-state index contributed by atoms with van der Waals surface area (Å²) in [5, 5.41) is 22.8. The van der Waals surface area contributed by atoms with E-state index in [0.717, 1.165) is 72.8 Å². The minimum Gasteiger partial charge on any atom is -0.370 e. The van der Waals surface area contributed by atoms with Crippen LogP contribution in [0.1, 0.15) is 59.1 Å². The molecule has 56 heavy (non-hydrogen) atoms. The molecule has 0 bridgehead atoms. The van der Waals surface area contributed by atoms with Gasteiger partial charge in [0.2, 0.25) is 0 Å². The van der Waals surface area contributed by atoms with E-state index in [1.54, 1.807) is 0 Å². The van der Waals surface area contributed by atoms with Crippen molar-refractivity contribution >= 4 is 55.5 Å². The van der Waals surface area contributed by atoms with E-state index >= 15 is 0 Å². The maximum Gasteiger partial charge on any atom is 0.104 e. The normalized spacial score (nSPS) is 20.2. The monoisotopic (exact) mass is 717 g/mol. The largest absolute Gasteiger partial charge is 0.370 e. The van der Waals surface area contributed by atoms with Crippen LogP contribution in [-0.2, 0) is 5.54 Å². The number of hydrogen-bond acceptors (Lipinski definition) is 5. The van der Waals surface area contributed by atoms with Gasteiger partial charge in [0.05, 0.1) is 51.9 Å². The molecule has 5 heteroatoms. The van der Waals surface area contributed by atoms with Crippen LogP contribution in [0.15, 0.2) is 167 Å². The summed E-state index contributed by atoms with van der Waals surface area (Å²) in [6.07, 6.45) is 2.50. The van der Waals surface area contributed by atoms with Gasteiger partial charge < -0.3 is 10.6 Å². The second-order valence-corrected chi connectivity index (χ2v) is 15.8. The summed E-state index contributed by atoms with van der Waals surface area (Å²) < 4.78 is 0. The van der Waals surface area contributed by atoms with Gasteiger partial charge in [-0.1, -0.05) is 133 Å². The Morgan fingerprint density at radius 1 is 0.643 bits per heavy atom. The number of nitrogens with zero attached hydrogens (tertiary/aromatic N) is 3. The number of benzene rings is 7. The maximum absolute atomic E-state index is 9.83. The van der Waals surface area contributed by atoms with Crippen molar-refractivity contribution in [3.8, 4) is 17.2 Å². The van der Waals surface area contributed by atoms with Crippen LogP contribution in [0.4, 0.5) is 11.4 Å². The fourth-order valence-electron chi connectivity index (χ4n) is 9.74. The van der Waals surface area contributed by atoms with E-state index in [1.807, 2.05) is 12.1 Å². The molecular formula is C51H35N5. The van der Waals surface area contributed by atoms with Gasteiger partial charge in [0.1, 0.15) is 5.54 Å². The molecule has 2 heterocycles. The Balaban J connectivity index is 1.22. The predicted molar refractivity (Wildman–Crippen MR) is 228 cm³/mol. The van der Waals surface area contributed by atoms with E-state index in [9.17, 15) is 5.26 Å². The summed E-state index contributed by atoms with van der Waals surface area (Å²) in [6.45, 7) is 2.28. The average molecular weight is 718 g/mol. The molecule has 0 spiro atoms. The molecule has 2 atom stereocenters. The van der Waals surface area contributed by atoms with Crippen molar-refractivity contribution in [3.05, 3.63) is 190 Å². The van der Waals surface area contributed by atoms with Gasteiger partial charge in [-0.3, -0.25) is 0 Å². The molecule has 1 saturated carbocycles. The third kappa shape index (κ3) is 4.36. The topological polar surface area (TPSA) is 72.6 Å². The lowest BCUT2D eigenvalue weighted by Gasteiger charge is -2.47. The molecule has 2 unspecified atom stereocenters. The van der Waals surface area contributed by atoms with Gasteiger partial charge in [0.15, 0.2) is 0 Å². The molecule has 2 aliphatic heterocycles. The fourth-order valence-corrected chi connectivity index (χ4v) is 9.74. The van der Waals surface area contributed by atoms with Crippen LogP contribution in [0.25, 0.3) is 43.8 Å². The third-order valence-corrected chi connectivity index (χ3v) is 12.6. The van der Waals surface area contributed by atoms with Gasteiger partial charge in [0, 0.05) is 27.5 Å². The standard InChI is InChI=1S/C51H35N5/c1-51-41-17-9-8-13-37(41)36-12-4-7-16-40(36)50(51)55-48-42(33-26-24-31(25-27-33)30-22-23-30)46-47(43(49(48)56-51)32-20-18-29(28-52)19-21-32)54-45-39-15-6-3-11-35(39)34-10-2-5-14-38(34)44(45)53-46/h2-21,24-27,30,47,54,56H,22-23H2,1H3. The van der Waals surface area contributed by atoms with Crippen molar-refractivity contribution in [1.29, 1.82) is 5.26 Å². The number of nitrogens with one attached hydrogen (secondary N) is 2. The van der Waals surface area contributed by atoms with Crippen LogP contribution >= 0.6 is 0 Å². The molecule has 0 saturated heterocycles. The Hall–Kier alpha value is -7.03. The second kappa shape index (κ2) is 11.5. The number of fused-ring (bicyclic) bond motifs is 14. The van der Waals surface area contributed by atoms with Crippen LogP contribution < -0.4 is 10.6 Å². The first kappa shape index (κ1) is 31.3. The lowest BCUT2D eigenvalue weighted by Crippen LogP contribution is -2.53. The highest BCUT2D eigenvalue weighted by molar-refractivity contribution is 6.37. The zero-order chi connectivity index (χ0) is 37.1. The van der Waals surface area contributed by atoms with Crippen LogP contribution in [-0.4, -0.2) is 17.5 Å². The number of rotatable bonds is 3. The van der Waals surface area contributed by atoms with Gasteiger partial charge >= 0.3 is 0 Å². The fraction of sp³-hybridized carbons (Fsp3) is 0.118. The summed E-state index contributed by atoms with van der Waals surface area (Å²) in [4.78, 5) is 11.6. The average Bonchev–Trinajstić information content (AvgIpc) is 4.11. The Kier molecular flexibility index (Phi) is 6.43. The van der Waals surface area contributed by atoms with Crippen molar-refractivity contribution in [3.63, 3.8) is 0 Å². The summed E-state index contributed by atoms with van der Waals surface area (Å²) >= 11 is 0. The summed E-state index contributed by atoms with van der Waals surface area (Å²) in [5.74, 6) is 0.649. The van der Waals surface area contributed by atoms with Crippen molar-refractivity contribution in [2.75, 3.05) is 5.32 Å². The number of nitriles is 1. The summed E-state index contributed by atoms with van der Waals surface area (Å²) in [5.41, 5.74) is 16.1. The molecule has 5 nitrogen and oxygen atoms in total. The highest BCUT2D eigenvalue weighted by Gasteiger charge is 2.48. The molecular weight excluding hydrogens is 683 g/mol. The third-order valence-electron chi connectivity index (χ3n) is 12.6. The van der Waals surface area contributed by atoms with Crippen molar-refractivity contribution in [2.24, 2.45) is 9.98 Å². The van der Waals surface area contributed by atoms with Gasteiger partial charge in [-0.25, -0.2) is 9.98 Å². The van der Waals surface area contributed by atoms with Gasteiger partial charge in [0.25, 0.3) is 0 Å². The van der Waals surface area contributed by atoms with Gasteiger partial charge in [-0.15, -0.1) is 0 Å². The van der Waals surface area contributed by atoms with E-state index in [0.29, 0.717) is 11.5 Å². The second-order valence-electron chi connectivity index (χ2n) is 15.8. The Bertz CT molecular complexity index is 3040. The minimum atomic E-state index is -0.632. The Labute approximate surface area is 325 Å². The lowest BCUT2D eigenvalue weighted by molar-refractivity contribution is 0.534. The molecule has 0 radical (unpaired) electrons. The lowest BCUT2D eigenvalue weighted by atomic mass is 9.70. The first-order valence-electron chi connectivity index (χ1n) is 19.5. The minimum absolute atomic E-state index is 0.323. The Morgan fingerprint density at radius 2 is 1.27 bits per heavy atom. The zero-order valence-electron chi connectivity index (χ0n) is 30.8. The predicted octanol–water partition coefficient (Wildman–Crippen LogP) is 11.4. The first-order chi connectivity index (χ1) is 27.6. The van der Waals surface area contributed by atoms with E-state index in [4.69, 9.17) is 9.98 Å². The quantitative estimate of drug-likeness (QED) is 0.179. The molecule has 7 aromatic carbocycles. The van der Waals surface area contributed by atoms with E-state index in [1.165, 1.54) is 45.9 Å².